The fourth-order valence-corrected chi connectivity index (χ4v) is 1.82. The van der Waals surface area contributed by atoms with Crippen LogP contribution in [0, 0.1) is 0 Å². The van der Waals surface area contributed by atoms with Gasteiger partial charge in [0.1, 0.15) is 0 Å². The minimum Gasteiger partial charge on any atom is -0.383 e. The van der Waals surface area contributed by atoms with Crippen LogP contribution in [0.15, 0.2) is 24.3 Å². The highest BCUT2D eigenvalue weighted by molar-refractivity contribution is 5.78. The van der Waals surface area contributed by atoms with Gasteiger partial charge in [0.25, 0.3) is 0 Å². The lowest BCUT2D eigenvalue weighted by Gasteiger charge is -2.21. The average molecular weight is 304 g/mol. The Balaban J connectivity index is 2.67. The lowest BCUT2D eigenvalue weighted by molar-refractivity contribution is -0.137. The molecule has 0 spiro atoms. The van der Waals surface area contributed by atoms with Crippen molar-refractivity contribution in [2.45, 2.75) is 12.6 Å². The number of rotatable bonds is 7. The second kappa shape index (κ2) is 7.99. The van der Waals surface area contributed by atoms with Gasteiger partial charge in [-0.25, -0.2) is 0 Å². The van der Waals surface area contributed by atoms with Crippen LogP contribution in [0.2, 0.25) is 0 Å². The van der Waals surface area contributed by atoms with Crippen molar-refractivity contribution in [2.24, 2.45) is 5.73 Å². The fourth-order valence-electron chi connectivity index (χ4n) is 1.82. The van der Waals surface area contributed by atoms with Crippen LogP contribution in [0.4, 0.5) is 13.2 Å². The van der Waals surface area contributed by atoms with Gasteiger partial charge >= 0.3 is 6.18 Å². The summed E-state index contributed by atoms with van der Waals surface area (Å²) in [5, 5.41) is 0. The van der Waals surface area contributed by atoms with E-state index in [1.165, 1.54) is 19.2 Å². The first-order valence-corrected chi connectivity index (χ1v) is 6.51. The number of carbonyl (C=O) groups is 1. The van der Waals surface area contributed by atoms with Gasteiger partial charge in [-0.1, -0.05) is 12.1 Å². The molecule has 7 heteroatoms. The zero-order valence-electron chi connectivity index (χ0n) is 11.8. The molecule has 1 aromatic carbocycles. The Bertz CT molecular complexity index is 447. The Kier molecular flexibility index (Phi) is 6.64. The molecule has 1 rings (SSSR count). The van der Waals surface area contributed by atoms with Crippen molar-refractivity contribution in [2.75, 3.05) is 33.4 Å². The predicted molar refractivity (Wildman–Crippen MR) is 72.7 cm³/mol. The first-order chi connectivity index (χ1) is 9.88. The Morgan fingerprint density at radius 3 is 2.33 bits per heavy atom. The van der Waals surface area contributed by atoms with Crippen molar-refractivity contribution in [3.8, 4) is 0 Å². The number of hydrogen-bond acceptors (Lipinski definition) is 3. The number of halogens is 3. The Hall–Kier alpha value is -1.60. The largest absolute Gasteiger partial charge is 0.416 e. The number of amides is 1. The van der Waals surface area contributed by atoms with Crippen LogP contribution < -0.4 is 5.73 Å². The Morgan fingerprint density at radius 2 is 1.86 bits per heavy atom. The highest BCUT2D eigenvalue weighted by Gasteiger charge is 2.30. The van der Waals surface area contributed by atoms with Crippen molar-refractivity contribution in [3.63, 3.8) is 0 Å². The molecule has 0 radical (unpaired) electrons. The van der Waals surface area contributed by atoms with Crippen molar-refractivity contribution in [1.29, 1.82) is 0 Å². The molecule has 0 aliphatic carbocycles. The summed E-state index contributed by atoms with van der Waals surface area (Å²) < 4.78 is 42.3. The van der Waals surface area contributed by atoms with Gasteiger partial charge in [-0.05, 0) is 17.7 Å². The maximum atomic E-state index is 12.4. The molecule has 4 nitrogen and oxygen atoms in total. The Labute approximate surface area is 121 Å². The molecular weight excluding hydrogens is 285 g/mol. The third kappa shape index (κ3) is 5.73. The van der Waals surface area contributed by atoms with E-state index in [4.69, 9.17) is 10.5 Å². The summed E-state index contributed by atoms with van der Waals surface area (Å²) in [6, 6.07) is 4.59. The summed E-state index contributed by atoms with van der Waals surface area (Å²) in [5.74, 6) is -0.183. The van der Waals surface area contributed by atoms with Crippen LogP contribution in [-0.2, 0) is 22.1 Å². The van der Waals surface area contributed by atoms with E-state index in [2.05, 4.69) is 0 Å². The van der Waals surface area contributed by atoms with E-state index >= 15 is 0 Å². The van der Waals surface area contributed by atoms with Gasteiger partial charge in [0.15, 0.2) is 0 Å². The van der Waals surface area contributed by atoms with Gasteiger partial charge in [-0.2, -0.15) is 13.2 Å². The molecule has 0 saturated heterocycles. The predicted octanol–water partition coefficient (Wildman–Crippen LogP) is 1.68. The molecule has 118 valence electrons. The fraction of sp³-hybridized carbons (Fsp3) is 0.500. The molecule has 21 heavy (non-hydrogen) atoms. The lowest BCUT2D eigenvalue weighted by atomic mass is 10.1. The molecule has 0 aliphatic rings. The minimum absolute atomic E-state index is 0.0435. The molecule has 0 unspecified atom stereocenters. The molecule has 1 amide bonds. The van der Waals surface area contributed by atoms with Crippen LogP contribution in [0.25, 0.3) is 0 Å². The number of ether oxygens (including phenoxy) is 1. The number of alkyl halides is 3. The molecule has 1 aromatic rings. The van der Waals surface area contributed by atoms with Crippen LogP contribution in [-0.4, -0.2) is 44.2 Å². The molecule has 0 atom stereocenters. The van der Waals surface area contributed by atoms with E-state index in [1.54, 1.807) is 4.90 Å². The summed E-state index contributed by atoms with van der Waals surface area (Å²) in [7, 11) is 1.53. The normalized spacial score (nSPS) is 11.5. The maximum Gasteiger partial charge on any atom is 0.416 e. The number of nitrogens with zero attached hydrogens (tertiary/aromatic N) is 1. The highest BCUT2D eigenvalue weighted by Crippen LogP contribution is 2.29. The molecule has 0 aliphatic heterocycles. The first-order valence-electron chi connectivity index (χ1n) is 6.51. The molecule has 0 aromatic heterocycles. The van der Waals surface area contributed by atoms with Crippen LogP contribution in [0.5, 0.6) is 0 Å². The van der Waals surface area contributed by atoms with Crippen molar-refractivity contribution in [3.05, 3.63) is 35.4 Å². The second-order valence-electron chi connectivity index (χ2n) is 4.53. The van der Waals surface area contributed by atoms with E-state index < -0.39 is 11.7 Å². The average Bonchev–Trinajstić information content (AvgIpc) is 2.43. The number of carbonyl (C=O) groups excluding carboxylic acids is 1. The van der Waals surface area contributed by atoms with Gasteiger partial charge < -0.3 is 15.4 Å². The number of methoxy groups -OCH3 is 1. The molecule has 0 heterocycles. The van der Waals surface area contributed by atoms with Gasteiger partial charge in [-0.3, -0.25) is 4.79 Å². The smallest absolute Gasteiger partial charge is 0.383 e. The zero-order chi connectivity index (χ0) is 15.9. The van der Waals surface area contributed by atoms with Crippen molar-refractivity contribution >= 4 is 5.91 Å². The summed E-state index contributed by atoms with van der Waals surface area (Å²) in [5.41, 5.74) is 5.25. The lowest BCUT2D eigenvalue weighted by Crippen LogP contribution is -2.38. The van der Waals surface area contributed by atoms with Crippen molar-refractivity contribution < 1.29 is 22.7 Å². The monoisotopic (exact) mass is 304 g/mol. The second-order valence-corrected chi connectivity index (χ2v) is 4.53. The first kappa shape index (κ1) is 17.5. The van der Waals surface area contributed by atoms with Gasteiger partial charge in [0.05, 0.1) is 18.6 Å². The summed E-state index contributed by atoms with van der Waals surface area (Å²) in [6.07, 6.45) is -4.32. The maximum absolute atomic E-state index is 12.4. The number of nitrogens with two attached hydrogens (primary N) is 1. The quantitative estimate of drug-likeness (QED) is 0.834. The SMILES string of the molecule is COCCN(CCN)C(=O)Cc1ccc(C(F)(F)F)cc1. The van der Waals surface area contributed by atoms with Gasteiger partial charge in [-0.15, -0.1) is 0 Å². The zero-order valence-corrected chi connectivity index (χ0v) is 11.8. The Morgan fingerprint density at radius 1 is 1.24 bits per heavy atom. The van der Waals surface area contributed by atoms with Crippen LogP contribution in [0.3, 0.4) is 0 Å². The summed E-state index contributed by atoms with van der Waals surface area (Å²) in [4.78, 5) is 13.6. The highest BCUT2D eigenvalue weighted by atomic mass is 19.4. The van der Waals surface area contributed by atoms with E-state index in [1.807, 2.05) is 0 Å². The topological polar surface area (TPSA) is 55.6 Å². The minimum atomic E-state index is -4.37. The molecule has 0 saturated carbocycles. The van der Waals surface area contributed by atoms with Gasteiger partial charge in [0.2, 0.25) is 5.91 Å². The van der Waals surface area contributed by atoms with Crippen molar-refractivity contribution in [1.82, 2.24) is 4.90 Å². The number of hydrogen-bond donors (Lipinski definition) is 1. The van der Waals surface area contributed by atoms with E-state index in [9.17, 15) is 18.0 Å². The van der Waals surface area contributed by atoms with Crippen LogP contribution in [0.1, 0.15) is 11.1 Å². The molecular formula is C14H19F3N2O2. The molecule has 2 N–H and O–H groups in total. The third-order valence-electron chi connectivity index (χ3n) is 2.95. The van der Waals surface area contributed by atoms with E-state index in [0.717, 1.165) is 12.1 Å². The van der Waals surface area contributed by atoms with Crippen LogP contribution >= 0.6 is 0 Å². The van der Waals surface area contributed by atoms with E-state index in [0.29, 0.717) is 31.8 Å². The van der Waals surface area contributed by atoms with Gasteiger partial charge in [0, 0.05) is 26.7 Å². The molecule has 0 bridgehead atoms. The third-order valence-corrected chi connectivity index (χ3v) is 2.95. The summed E-state index contributed by atoms with van der Waals surface area (Å²) in [6.45, 7) is 1.51. The standard InChI is InChI=1S/C14H19F3N2O2/c1-21-9-8-19(7-6-18)13(20)10-11-2-4-12(5-3-11)14(15,16)17/h2-5H,6-10,18H2,1H3. The number of benzene rings is 1. The summed E-state index contributed by atoms with van der Waals surface area (Å²) >= 11 is 0. The van der Waals surface area contributed by atoms with E-state index in [-0.39, 0.29) is 12.3 Å². The molecule has 0 fully saturated rings.